The van der Waals surface area contributed by atoms with Gasteiger partial charge < -0.3 is 4.98 Å². The molecule has 5 nitrogen and oxygen atoms in total. The van der Waals surface area contributed by atoms with E-state index in [1.807, 2.05) is 42.6 Å². The predicted molar refractivity (Wildman–Crippen MR) is 86.5 cm³/mol. The van der Waals surface area contributed by atoms with Crippen molar-refractivity contribution in [3.8, 4) is 17.1 Å². The zero-order chi connectivity index (χ0) is 15.1. The number of fused-ring (bicyclic) bond motifs is 1. The highest BCUT2D eigenvalue weighted by atomic mass is 35.5. The van der Waals surface area contributed by atoms with Gasteiger partial charge in [0.2, 0.25) is 0 Å². The second-order valence-corrected chi connectivity index (χ2v) is 5.58. The Morgan fingerprint density at radius 2 is 1.77 bits per heavy atom. The van der Waals surface area contributed by atoms with Gasteiger partial charge in [-0.05, 0) is 34.7 Å². The molecular formula is C15H9Cl2N5. The first-order chi connectivity index (χ1) is 10.7. The van der Waals surface area contributed by atoms with Gasteiger partial charge >= 0.3 is 0 Å². The average molecular weight is 330 g/mol. The number of nitrogens with zero attached hydrogens (tertiary/aromatic N) is 4. The zero-order valence-corrected chi connectivity index (χ0v) is 12.7. The molecule has 0 radical (unpaired) electrons. The second-order valence-electron chi connectivity index (χ2n) is 4.76. The minimum atomic E-state index is 0.494. The van der Waals surface area contributed by atoms with Gasteiger partial charge in [-0.25, -0.2) is 0 Å². The number of nitrogens with one attached hydrogen (secondary N) is 1. The molecule has 0 amide bonds. The topological polar surface area (TPSA) is 59.4 Å². The van der Waals surface area contributed by atoms with Gasteiger partial charge in [0.15, 0.2) is 5.82 Å². The first-order valence-corrected chi connectivity index (χ1v) is 7.30. The van der Waals surface area contributed by atoms with Crippen LogP contribution in [0.5, 0.6) is 0 Å². The molecule has 0 unspecified atom stereocenters. The van der Waals surface area contributed by atoms with Crippen LogP contribution in [0, 0.1) is 0 Å². The first kappa shape index (κ1) is 13.3. The summed E-state index contributed by atoms with van der Waals surface area (Å²) in [5, 5.41) is 13.9. The smallest absolute Gasteiger partial charge is 0.189 e. The van der Waals surface area contributed by atoms with Crippen LogP contribution in [0.25, 0.3) is 28.0 Å². The number of benzene rings is 2. The zero-order valence-electron chi connectivity index (χ0n) is 11.2. The molecule has 2 aromatic carbocycles. The van der Waals surface area contributed by atoms with Gasteiger partial charge in [0.25, 0.3) is 0 Å². The summed E-state index contributed by atoms with van der Waals surface area (Å²) in [6, 6.07) is 13.3. The van der Waals surface area contributed by atoms with Crippen molar-refractivity contribution in [3.63, 3.8) is 0 Å². The van der Waals surface area contributed by atoms with Crippen LogP contribution in [0.4, 0.5) is 0 Å². The van der Waals surface area contributed by atoms with Crippen LogP contribution in [0.1, 0.15) is 0 Å². The van der Waals surface area contributed by atoms with Gasteiger partial charge in [-0.15, -0.1) is 5.10 Å². The lowest BCUT2D eigenvalue weighted by molar-refractivity contribution is 0.791. The lowest BCUT2D eigenvalue weighted by Crippen LogP contribution is -1.99. The summed E-state index contributed by atoms with van der Waals surface area (Å²) in [6.45, 7) is 0. The van der Waals surface area contributed by atoms with Crippen molar-refractivity contribution in [2.45, 2.75) is 0 Å². The van der Waals surface area contributed by atoms with E-state index < -0.39 is 0 Å². The number of hydrogen-bond donors (Lipinski definition) is 1. The Morgan fingerprint density at radius 3 is 2.59 bits per heavy atom. The second kappa shape index (κ2) is 5.12. The summed E-state index contributed by atoms with van der Waals surface area (Å²) in [6.07, 6.45) is 1.85. The molecule has 0 atom stereocenters. The maximum absolute atomic E-state index is 6.13. The summed E-state index contributed by atoms with van der Waals surface area (Å²) in [5.41, 5.74) is 2.63. The average Bonchev–Trinajstić information content (AvgIpc) is 3.15. The summed E-state index contributed by atoms with van der Waals surface area (Å²) < 4.78 is 1.69. The first-order valence-electron chi connectivity index (χ1n) is 6.54. The van der Waals surface area contributed by atoms with E-state index in [1.165, 1.54) is 0 Å². The van der Waals surface area contributed by atoms with Crippen LogP contribution in [-0.4, -0.2) is 25.2 Å². The van der Waals surface area contributed by atoms with Crippen molar-refractivity contribution in [2.75, 3.05) is 0 Å². The molecular weight excluding hydrogens is 321 g/mol. The monoisotopic (exact) mass is 329 g/mol. The minimum Gasteiger partial charge on any atom is -0.360 e. The molecule has 108 valence electrons. The molecule has 0 aliphatic carbocycles. The molecule has 0 saturated carbocycles. The van der Waals surface area contributed by atoms with Gasteiger partial charge in [0, 0.05) is 22.7 Å². The number of halogens is 2. The van der Waals surface area contributed by atoms with Gasteiger partial charge in [-0.2, -0.15) is 4.68 Å². The molecule has 4 aromatic rings. The number of tetrazole rings is 1. The number of hydrogen-bond acceptors (Lipinski definition) is 3. The van der Waals surface area contributed by atoms with Crippen molar-refractivity contribution >= 4 is 34.1 Å². The van der Waals surface area contributed by atoms with Gasteiger partial charge in [-0.3, -0.25) is 0 Å². The minimum absolute atomic E-state index is 0.494. The Labute approximate surface area is 135 Å². The van der Waals surface area contributed by atoms with Crippen LogP contribution >= 0.6 is 23.2 Å². The van der Waals surface area contributed by atoms with Crippen molar-refractivity contribution in [1.82, 2.24) is 25.2 Å². The van der Waals surface area contributed by atoms with Gasteiger partial charge in [0.05, 0.1) is 15.7 Å². The Morgan fingerprint density at radius 1 is 1.00 bits per heavy atom. The molecule has 0 aliphatic heterocycles. The number of para-hydroxylation sites is 1. The molecule has 2 heterocycles. The van der Waals surface area contributed by atoms with E-state index in [0.29, 0.717) is 15.9 Å². The lowest BCUT2D eigenvalue weighted by Gasteiger charge is -2.03. The fraction of sp³-hybridized carbons (Fsp3) is 0. The Bertz CT molecular complexity index is 959. The van der Waals surface area contributed by atoms with Crippen molar-refractivity contribution in [1.29, 1.82) is 0 Å². The van der Waals surface area contributed by atoms with Crippen LogP contribution in [0.3, 0.4) is 0 Å². The van der Waals surface area contributed by atoms with E-state index in [1.54, 1.807) is 10.7 Å². The lowest BCUT2D eigenvalue weighted by atomic mass is 10.1. The van der Waals surface area contributed by atoms with Crippen LogP contribution < -0.4 is 0 Å². The number of H-pyrrole nitrogens is 1. The summed E-state index contributed by atoms with van der Waals surface area (Å²) in [7, 11) is 0. The fourth-order valence-corrected chi connectivity index (χ4v) is 2.73. The molecule has 2 aromatic heterocycles. The normalized spacial score (nSPS) is 11.2. The summed E-state index contributed by atoms with van der Waals surface area (Å²) in [5.74, 6) is 0.635. The third-order valence-corrected chi connectivity index (χ3v) is 4.16. The third kappa shape index (κ3) is 2.06. The van der Waals surface area contributed by atoms with Gasteiger partial charge in [-0.1, -0.05) is 41.4 Å². The van der Waals surface area contributed by atoms with E-state index in [9.17, 15) is 0 Å². The van der Waals surface area contributed by atoms with Crippen LogP contribution in [-0.2, 0) is 0 Å². The van der Waals surface area contributed by atoms with E-state index >= 15 is 0 Å². The molecule has 4 rings (SSSR count). The molecule has 0 bridgehead atoms. The summed E-state index contributed by atoms with van der Waals surface area (Å²) >= 11 is 12.2. The van der Waals surface area contributed by atoms with Crippen molar-refractivity contribution in [3.05, 3.63) is 58.7 Å². The highest BCUT2D eigenvalue weighted by Gasteiger charge is 2.16. The Hall–Kier alpha value is -2.37. The fourth-order valence-electron chi connectivity index (χ4n) is 2.40. The maximum Gasteiger partial charge on any atom is 0.189 e. The molecule has 7 heteroatoms. The van der Waals surface area contributed by atoms with Gasteiger partial charge in [0.1, 0.15) is 0 Å². The van der Waals surface area contributed by atoms with Crippen LogP contribution in [0.15, 0.2) is 48.7 Å². The Balaban J connectivity index is 1.94. The quantitative estimate of drug-likeness (QED) is 0.601. The molecule has 0 saturated heterocycles. The summed E-state index contributed by atoms with van der Waals surface area (Å²) in [4.78, 5) is 3.17. The molecule has 1 N–H and O–H groups in total. The van der Waals surface area contributed by atoms with E-state index in [-0.39, 0.29) is 0 Å². The molecule has 22 heavy (non-hydrogen) atoms. The van der Waals surface area contributed by atoms with Crippen molar-refractivity contribution in [2.24, 2.45) is 0 Å². The predicted octanol–water partition coefficient (Wildman–Crippen LogP) is 4.12. The third-order valence-electron chi connectivity index (χ3n) is 3.43. The number of aromatic nitrogens is 5. The standard InChI is InChI=1S/C15H9Cl2N5/c16-12-6-10-11(8-18-14(10)7-13(12)17)15-19-20-21-22(15)9-4-2-1-3-5-9/h1-8,18H. The molecule has 0 spiro atoms. The van der Waals surface area contributed by atoms with E-state index in [0.717, 1.165) is 22.2 Å². The highest BCUT2D eigenvalue weighted by molar-refractivity contribution is 6.42. The van der Waals surface area contributed by atoms with Crippen molar-refractivity contribution < 1.29 is 0 Å². The highest BCUT2D eigenvalue weighted by Crippen LogP contribution is 2.33. The van der Waals surface area contributed by atoms with Crippen LogP contribution in [0.2, 0.25) is 10.0 Å². The Kier molecular flexibility index (Phi) is 3.10. The van der Waals surface area contributed by atoms with E-state index in [4.69, 9.17) is 23.2 Å². The number of rotatable bonds is 2. The van der Waals surface area contributed by atoms with E-state index in [2.05, 4.69) is 20.5 Å². The maximum atomic E-state index is 6.13. The number of aromatic amines is 1. The largest absolute Gasteiger partial charge is 0.360 e. The SMILES string of the molecule is Clc1cc2[nH]cc(-c3nnnn3-c3ccccc3)c2cc1Cl. The molecule has 0 aliphatic rings. The molecule has 0 fully saturated rings.